The molecular formula is C20H26N2O3S2. The minimum atomic E-state index is -3.43. The smallest absolute Gasteiger partial charge is 0.254 e. The van der Waals surface area contributed by atoms with Gasteiger partial charge in [-0.3, -0.25) is 9.52 Å². The van der Waals surface area contributed by atoms with Gasteiger partial charge in [-0.15, -0.1) is 11.3 Å². The highest BCUT2D eigenvalue weighted by molar-refractivity contribution is 7.92. The largest absolute Gasteiger partial charge is 0.334 e. The summed E-state index contributed by atoms with van der Waals surface area (Å²) in [6, 6.07) is 7.30. The van der Waals surface area contributed by atoms with Gasteiger partial charge < -0.3 is 4.90 Å². The van der Waals surface area contributed by atoms with Crippen LogP contribution >= 0.6 is 11.3 Å². The van der Waals surface area contributed by atoms with E-state index in [2.05, 4.69) is 16.2 Å². The molecule has 1 amide bonds. The van der Waals surface area contributed by atoms with E-state index < -0.39 is 10.0 Å². The highest BCUT2D eigenvalue weighted by Gasteiger charge is 2.24. The maximum absolute atomic E-state index is 13.0. The zero-order valence-corrected chi connectivity index (χ0v) is 17.6. The molecule has 3 rings (SSSR count). The summed E-state index contributed by atoms with van der Waals surface area (Å²) in [5, 5.41) is 2.07. The summed E-state index contributed by atoms with van der Waals surface area (Å²) in [4.78, 5) is 16.2. The molecule has 5 nitrogen and oxygen atoms in total. The summed E-state index contributed by atoms with van der Waals surface area (Å²) in [5.41, 5.74) is 2.92. The molecule has 1 aliphatic rings. The van der Waals surface area contributed by atoms with Gasteiger partial charge in [-0.05, 0) is 60.4 Å². The number of sulfonamides is 1. The fourth-order valence-corrected chi connectivity index (χ4v) is 5.51. The van der Waals surface area contributed by atoms with Gasteiger partial charge in [0.05, 0.1) is 11.4 Å². The van der Waals surface area contributed by atoms with E-state index in [0.29, 0.717) is 42.2 Å². The normalized spacial score (nSPS) is 14.3. The number of nitrogens with one attached hydrogen (secondary N) is 1. The number of hydrogen-bond acceptors (Lipinski definition) is 4. The first kappa shape index (κ1) is 19.9. The van der Waals surface area contributed by atoms with Crippen LogP contribution in [0.15, 0.2) is 29.6 Å². The van der Waals surface area contributed by atoms with Crippen molar-refractivity contribution in [3.63, 3.8) is 0 Å². The SMILES string of the molecule is Cc1c(NS(=O)(=O)CCC(C)C)cccc1C(=O)N1CCc2sccc2C1. The number of anilines is 1. The van der Waals surface area contributed by atoms with Crippen LogP contribution in [0.3, 0.4) is 0 Å². The first-order valence-electron chi connectivity index (χ1n) is 9.21. The Kier molecular flexibility index (Phi) is 5.91. The molecule has 0 fully saturated rings. The topological polar surface area (TPSA) is 66.5 Å². The summed E-state index contributed by atoms with van der Waals surface area (Å²) in [5.74, 6) is 0.347. The van der Waals surface area contributed by atoms with Gasteiger partial charge in [-0.25, -0.2) is 8.42 Å². The number of carbonyl (C=O) groups excluding carboxylic acids is 1. The lowest BCUT2D eigenvalue weighted by Crippen LogP contribution is -2.35. The third-order valence-electron chi connectivity index (χ3n) is 4.89. The Morgan fingerprint density at radius 2 is 2.07 bits per heavy atom. The van der Waals surface area contributed by atoms with E-state index in [4.69, 9.17) is 0 Å². The molecule has 0 unspecified atom stereocenters. The van der Waals surface area contributed by atoms with Gasteiger partial charge in [0.2, 0.25) is 10.0 Å². The van der Waals surface area contributed by atoms with Gasteiger partial charge in [-0.2, -0.15) is 0 Å². The number of nitrogens with zero attached hydrogens (tertiary/aromatic N) is 1. The summed E-state index contributed by atoms with van der Waals surface area (Å²) in [6.45, 7) is 7.10. The number of carbonyl (C=O) groups is 1. The Morgan fingerprint density at radius 3 is 2.81 bits per heavy atom. The lowest BCUT2D eigenvalue weighted by atomic mass is 10.0. The van der Waals surface area contributed by atoms with E-state index in [9.17, 15) is 13.2 Å². The minimum Gasteiger partial charge on any atom is -0.334 e. The number of fused-ring (bicyclic) bond motifs is 1. The molecule has 0 aliphatic carbocycles. The molecule has 0 radical (unpaired) electrons. The molecule has 0 atom stereocenters. The summed E-state index contributed by atoms with van der Waals surface area (Å²) < 4.78 is 27.3. The van der Waals surface area contributed by atoms with Crippen LogP contribution in [-0.2, 0) is 23.0 Å². The van der Waals surface area contributed by atoms with Gasteiger partial charge in [-0.1, -0.05) is 19.9 Å². The molecule has 7 heteroatoms. The Hall–Kier alpha value is -1.86. The first-order chi connectivity index (χ1) is 12.8. The van der Waals surface area contributed by atoms with E-state index in [1.165, 1.54) is 10.4 Å². The third kappa shape index (κ3) is 4.71. The molecular weight excluding hydrogens is 380 g/mol. The van der Waals surface area contributed by atoms with Crippen molar-refractivity contribution in [2.75, 3.05) is 17.0 Å². The standard InChI is InChI=1S/C20H26N2O3S2/c1-14(2)9-12-27(24,25)21-18-6-4-5-17(15(18)3)20(23)22-10-7-19-16(13-22)8-11-26-19/h4-6,8,11,14,21H,7,9-10,12-13H2,1-3H3. The maximum atomic E-state index is 13.0. The number of thiophene rings is 1. The highest BCUT2D eigenvalue weighted by Crippen LogP contribution is 2.27. The molecule has 2 aromatic rings. The van der Waals surface area contributed by atoms with Crippen LogP contribution < -0.4 is 4.72 Å². The van der Waals surface area contributed by atoms with Crippen LogP contribution in [0.2, 0.25) is 0 Å². The molecule has 1 aromatic heterocycles. The lowest BCUT2D eigenvalue weighted by Gasteiger charge is -2.28. The van der Waals surface area contributed by atoms with Crippen LogP contribution in [-0.4, -0.2) is 31.5 Å². The predicted molar refractivity (Wildman–Crippen MR) is 111 cm³/mol. The Bertz CT molecular complexity index is 932. The fraction of sp³-hybridized carbons (Fsp3) is 0.450. The second kappa shape index (κ2) is 8.02. The first-order valence-corrected chi connectivity index (χ1v) is 11.7. The van der Waals surface area contributed by atoms with Crippen LogP contribution in [0, 0.1) is 12.8 Å². The Balaban J connectivity index is 1.78. The van der Waals surface area contributed by atoms with Crippen molar-refractivity contribution in [2.45, 2.75) is 40.2 Å². The van der Waals surface area contributed by atoms with Gasteiger partial charge in [0.1, 0.15) is 0 Å². The molecule has 27 heavy (non-hydrogen) atoms. The molecule has 1 N–H and O–H groups in total. The van der Waals surface area contributed by atoms with E-state index in [1.54, 1.807) is 36.5 Å². The maximum Gasteiger partial charge on any atom is 0.254 e. The third-order valence-corrected chi connectivity index (χ3v) is 7.22. The Morgan fingerprint density at radius 1 is 1.30 bits per heavy atom. The molecule has 2 heterocycles. The van der Waals surface area contributed by atoms with Gasteiger partial charge in [0.25, 0.3) is 5.91 Å². The van der Waals surface area contributed by atoms with Crippen LogP contribution in [0.5, 0.6) is 0 Å². The van der Waals surface area contributed by atoms with Crippen molar-refractivity contribution in [3.8, 4) is 0 Å². The number of hydrogen-bond donors (Lipinski definition) is 1. The average Bonchev–Trinajstić information content (AvgIpc) is 3.09. The van der Waals surface area contributed by atoms with E-state index >= 15 is 0 Å². The van der Waals surface area contributed by atoms with Crippen LogP contribution in [0.25, 0.3) is 0 Å². The highest BCUT2D eigenvalue weighted by atomic mass is 32.2. The van der Waals surface area contributed by atoms with Crippen LogP contribution in [0.4, 0.5) is 5.69 Å². The van der Waals surface area contributed by atoms with Crippen LogP contribution in [0.1, 0.15) is 46.6 Å². The van der Waals surface area contributed by atoms with Gasteiger partial charge in [0.15, 0.2) is 0 Å². The second-order valence-electron chi connectivity index (χ2n) is 7.43. The van der Waals surface area contributed by atoms with Crippen molar-refractivity contribution in [3.05, 3.63) is 51.2 Å². The number of benzene rings is 1. The van der Waals surface area contributed by atoms with Crippen molar-refractivity contribution in [1.82, 2.24) is 4.90 Å². The van der Waals surface area contributed by atoms with Gasteiger partial charge in [0, 0.05) is 23.5 Å². The zero-order valence-electron chi connectivity index (χ0n) is 16.0. The van der Waals surface area contributed by atoms with E-state index in [-0.39, 0.29) is 11.7 Å². The molecule has 1 aromatic carbocycles. The van der Waals surface area contributed by atoms with Crippen molar-refractivity contribution < 1.29 is 13.2 Å². The molecule has 1 aliphatic heterocycles. The zero-order chi connectivity index (χ0) is 19.6. The Labute approximate surface area is 165 Å². The molecule has 0 saturated carbocycles. The second-order valence-corrected chi connectivity index (χ2v) is 10.3. The van der Waals surface area contributed by atoms with E-state index in [0.717, 1.165) is 6.42 Å². The molecule has 0 spiro atoms. The predicted octanol–water partition coefficient (Wildman–Crippen LogP) is 4.04. The van der Waals surface area contributed by atoms with Crippen molar-refractivity contribution in [2.24, 2.45) is 5.92 Å². The monoisotopic (exact) mass is 406 g/mol. The number of rotatable bonds is 6. The quantitative estimate of drug-likeness (QED) is 0.787. The average molecular weight is 407 g/mol. The number of amides is 1. The molecule has 0 bridgehead atoms. The van der Waals surface area contributed by atoms with Gasteiger partial charge >= 0.3 is 0 Å². The summed E-state index contributed by atoms with van der Waals surface area (Å²) in [6.07, 6.45) is 1.48. The summed E-state index contributed by atoms with van der Waals surface area (Å²) >= 11 is 1.74. The summed E-state index contributed by atoms with van der Waals surface area (Å²) in [7, 11) is -3.43. The van der Waals surface area contributed by atoms with Crippen molar-refractivity contribution in [1.29, 1.82) is 0 Å². The van der Waals surface area contributed by atoms with Crippen molar-refractivity contribution >= 4 is 33.0 Å². The fourth-order valence-electron chi connectivity index (χ4n) is 3.18. The molecule has 0 saturated heterocycles. The lowest BCUT2D eigenvalue weighted by molar-refractivity contribution is 0.0735. The van der Waals surface area contributed by atoms with E-state index in [1.807, 2.05) is 18.7 Å². The molecule has 146 valence electrons. The minimum absolute atomic E-state index is 0.0485.